The normalized spacial score (nSPS) is 14.0. The van der Waals surface area contributed by atoms with Crippen molar-refractivity contribution in [1.29, 1.82) is 0 Å². The smallest absolute Gasteiger partial charge is 0.357 e. The van der Waals surface area contributed by atoms with Crippen LogP contribution < -0.4 is 4.72 Å². The summed E-state index contributed by atoms with van der Waals surface area (Å²) in [7, 11) is -2.94. The molecule has 2 rings (SSSR count). The highest BCUT2D eigenvalue weighted by molar-refractivity contribution is 7.89. The zero-order valence-electron chi connectivity index (χ0n) is 14.6. The Morgan fingerprint density at radius 2 is 1.96 bits per heavy atom. The third-order valence-corrected chi connectivity index (χ3v) is 5.69. The number of methoxy groups -OCH3 is 1. The predicted octanol–water partition coefficient (Wildman–Crippen LogP) is 1.80. The summed E-state index contributed by atoms with van der Waals surface area (Å²) in [5, 5.41) is 9.91. The van der Waals surface area contributed by atoms with Crippen molar-refractivity contribution in [1.82, 2.24) is 9.71 Å². The van der Waals surface area contributed by atoms with Crippen molar-refractivity contribution >= 4 is 32.7 Å². The lowest BCUT2D eigenvalue weighted by atomic mass is 10.0. The Morgan fingerprint density at radius 1 is 1.27 bits per heavy atom. The summed E-state index contributed by atoms with van der Waals surface area (Å²) in [4.78, 5) is 27.1. The summed E-state index contributed by atoms with van der Waals surface area (Å²) >= 11 is 0. The number of fused-ring (bicyclic) bond motifs is 1. The minimum Gasteiger partial charge on any atom is -0.480 e. The van der Waals surface area contributed by atoms with Gasteiger partial charge in [0.25, 0.3) is 0 Å². The molecule has 0 bridgehead atoms. The van der Waals surface area contributed by atoms with Gasteiger partial charge in [-0.25, -0.2) is 18.2 Å². The third-order valence-electron chi connectivity index (χ3n) is 4.20. The Bertz CT molecular complexity index is 941. The predicted molar refractivity (Wildman–Crippen MR) is 94.3 cm³/mol. The van der Waals surface area contributed by atoms with E-state index >= 15 is 0 Å². The number of aliphatic carboxylic acids is 1. The van der Waals surface area contributed by atoms with E-state index in [1.165, 1.54) is 31.5 Å². The first-order chi connectivity index (χ1) is 12.2. The molecule has 1 heterocycles. The number of hydrogen-bond acceptors (Lipinski definition) is 6. The van der Waals surface area contributed by atoms with Gasteiger partial charge >= 0.3 is 11.9 Å². The molecule has 8 nitrogen and oxygen atoms in total. The Labute approximate surface area is 151 Å². The first-order valence-electron chi connectivity index (χ1n) is 7.94. The summed E-state index contributed by atoms with van der Waals surface area (Å²) in [5.41, 5.74) is -0.0150. The second kappa shape index (κ2) is 7.79. The van der Waals surface area contributed by atoms with Gasteiger partial charge in [-0.05, 0) is 18.1 Å². The van der Waals surface area contributed by atoms with Gasteiger partial charge in [0.15, 0.2) is 5.69 Å². The van der Waals surface area contributed by atoms with Crippen LogP contribution >= 0.6 is 0 Å². The van der Waals surface area contributed by atoms with E-state index in [-0.39, 0.29) is 16.0 Å². The number of carbonyl (C=O) groups is 2. The highest BCUT2D eigenvalue weighted by Crippen LogP contribution is 2.25. The molecule has 0 saturated heterocycles. The molecule has 2 aromatic rings. The number of carboxylic acids is 1. The molecule has 0 aliphatic heterocycles. The molecule has 2 atom stereocenters. The van der Waals surface area contributed by atoms with Crippen molar-refractivity contribution in [3.63, 3.8) is 0 Å². The van der Waals surface area contributed by atoms with E-state index in [1.807, 2.05) is 0 Å². The lowest BCUT2D eigenvalue weighted by Crippen LogP contribution is -2.44. The van der Waals surface area contributed by atoms with E-state index in [0.29, 0.717) is 11.8 Å². The molecule has 1 aromatic heterocycles. The van der Waals surface area contributed by atoms with E-state index in [4.69, 9.17) is 0 Å². The number of pyridine rings is 1. The van der Waals surface area contributed by atoms with Gasteiger partial charge in [0.05, 0.1) is 12.0 Å². The molecule has 0 unspecified atom stereocenters. The summed E-state index contributed by atoms with van der Waals surface area (Å²) in [5.74, 6) is -2.34. The number of nitrogens with one attached hydrogen (secondary N) is 1. The molecule has 26 heavy (non-hydrogen) atoms. The van der Waals surface area contributed by atoms with E-state index in [0.717, 1.165) is 0 Å². The summed E-state index contributed by atoms with van der Waals surface area (Å²) in [6, 6.07) is 4.56. The Morgan fingerprint density at radius 3 is 2.54 bits per heavy atom. The van der Waals surface area contributed by atoms with Crippen molar-refractivity contribution in [3.8, 4) is 0 Å². The SMILES string of the molecule is CC[C@H](C)[C@H](NS(=O)(=O)c1cccc2c(C(=O)OC)nccc12)C(=O)O. The van der Waals surface area contributed by atoms with Crippen molar-refractivity contribution in [3.05, 3.63) is 36.2 Å². The molecule has 9 heteroatoms. The van der Waals surface area contributed by atoms with Gasteiger partial charge in [-0.15, -0.1) is 0 Å². The number of nitrogens with zero attached hydrogens (tertiary/aromatic N) is 1. The van der Waals surface area contributed by atoms with Gasteiger partial charge in [-0.3, -0.25) is 4.79 Å². The highest BCUT2D eigenvalue weighted by Gasteiger charge is 2.30. The van der Waals surface area contributed by atoms with Crippen LogP contribution in [-0.4, -0.2) is 43.6 Å². The van der Waals surface area contributed by atoms with Crippen LogP contribution in [0.1, 0.15) is 30.8 Å². The molecule has 0 saturated carbocycles. The maximum atomic E-state index is 12.8. The fraction of sp³-hybridized carbons (Fsp3) is 0.353. The van der Waals surface area contributed by atoms with Crippen molar-refractivity contribution in [2.45, 2.75) is 31.2 Å². The van der Waals surface area contributed by atoms with Crippen LogP contribution in [0.15, 0.2) is 35.4 Å². The number of rotatable bonds is 7. The number of benzene rings is 1. The molecule has 140 valence electrons. The standard InChI is InChI=1S/C17H20N2O6S/c1-4-10(2)14(16(20)21)19-26(23,24)13-7-5-6-12-11(13)8-9-18-15(12)17(22)25-3/h5-10,14,19H,4H2,1-3H3,(H,20,21)/t10-,14-/m0/s1. The van der Waals surface area contributed by atoms with Gasteiger partial charge in [0, 0.05) is 17.0 Å². The molecule has 0 spiro atoms. The number of carboxylic acid groups (broad SMARTS) is 1. The van der Waals surface area contributed by atoms with Crippen LogP contribution in [0.3, 0.4) is 0 Å². The number of ether oxygens (including phenoxy) is 1. The first kappa shape index (κ1) is 19.8. The average molecular weight is 380 g/mol. The van der Waals surface area contributed by atoms with Crippen LogP contribution in [0.2, 0.25) is 0 Å². The Kier molecular flexibility index (Phi) is 5.94. The lowest BCUT2D eigenvalue weighted by molar-refractivity contribution is -0.140. The monoisotopic (exact) mass is 380 g/mol. The molecule has 0 fully saturated rings. The van der Waals surface area contributed by atoms with Crippen molar-refractivity contribution in [2.24, 2.45) is 5.92 Å². The van der Waals surface area contributed by atoms with Crippen LogP contribution in [0.25, 0.3) is 10.8 Å². The molecule has 0 radical (unpaired) electrons. The second-order valence-corrected chi connectivity index (χ2v) is 7.51. The topological polar surface area (TPSA) is 123 Å². The average Bonchev–Trinajstić information content (AvgIpc) is 2.63. The van der Waals surface area contributed by atoms with Crippen LogP contribution in [0.5, 0.6) is 0 Å². The van der Waals surface area contributed by atoms with E-state index in [9.17, 15) is 23.1 Å². The molecular formula is C17H20N2O6S. The van der Waals surface area contributed by atoms with Gasteiger partial charge in [-0.1, -0.05) is 32.4 Å². The highest BCUT2D eigenvalue weighted by atomic mass is 32.2. The molecular weight excluding hydrogens is 360 g/mol. The van der Waals surface area contributed by atoms with E-state index in [2.05, 4.69) is 14.4 Å². The Hall–Kier alpha value is -2.52. The number of sulfonamides is 1. The number of aromatic nitrogens is 1. The fourth-order valence-corrected chi connectivity index (χ4v) is 4.07. The molecule has 0 aliphatic rings. The molecule has 0 aliphatic carbocycles. The van der Waals surface area contributed by atoms with E-state index in [1.54, 1.807) is 19.9 Å². The third kappa shape index (κ3) is 3.83. The van der Waals surface area contributed by atoms with Crippen LogP contribution in [-0.2, 0) is 19.6 Å². The summed E-state index contributed by atoms with van der Waals surface area (Å²) < 4.78 is 32.6. The van der Waals surface area contributed by atoms with Crippen molar-refractivity contribution < 1.29 is 27.9 Å². The Balaban J connectivity index is 2.58. The molecule has 1 aromatic carbocycles. The summed E-state index contributed by atoms with van der Waals surface area (Å²) in [6.45, 7) is 3.44. The lowest BCUT2D eigenvalue weighted by Gasteiger charge is -2.20. The van der Waals surface area contributed by atoms with Gasteiger partial charge in [0.1, 0.15) is 6.04 Å². The number of esters is 1. The zero-order chi connectivity index (χ0) is 19.5. The quantitative estimate of drug-likeness (QED) is 0.702. The summed E-state index contributed by atoms with van der Waals surface area (Å²) in [6.07, 6.45) is 1.79. The number of hydrogen-bond donors (Lipinski definition) is 2. The maximum Gasteiger partial charge on any atom is 0.357 e. The minimum atomic E-state index is -4.15. The fourth-order valence-electron chi connectivity index (χ4n) is 2.55. The van der Waals surface area contributed by atoms with Crippen LogP contribution in [0, 0.1) is 5.92 Å². The van der Waals surface area contributed by atoms with E-state index < -0.39 is 33.9 Å². The number of carbonyl (C=O) groups excluding carboxylic acids is 1. The zero-order valence-corrected chi connectivity index (χ0v) is 15.4. The van der Waals surface area contributed by atoms with Crippen LogP contribution in [0.4, 0.5) is 0 Å². The second-order valence-electron chi connectivity index (χ2n) is 5.83. The van der Waals surface area contributed by atoms with Gasteiger partial charge < -0.3 is 9.84 Å². The molecule has 2 N–H and O–H groups in total. The minimum absolute atomic E-state index is 0.0150. The van der Waals surface area contributed by atoms with Crippen molar-refractivity contribution in [2.75, 3.05) is 7.11 Å². The maximum absolute atomic E-state index is 12.8. The first-order valence-corrected chi connectivity index (χ1v) is 9.42. The molecule has 0 amide bonds. The van der Waals surface area contributed by atoms with Gasteiger partial charge in [0.2, 0.25) is 10.0 Å². The van der Waals surface area contributed by atoms with Gasteiger partial charge in [-0.2, -0.15) is 4.72 Å². The largest absolute Gasteiger partial charge is 0.480 e.